The highest BCUT2D eigenvalue weighted by Gasteiger charge is 2.14. The quantitative estimate of drug-likeness (QED) is 0.885. The number of thiophene rings is 1. The van der Waals surface area contributed by atoms with Crippen LogP contribution in [0.2, 0.25) is 5.02 Å². The number of aliphatic hydroxyl groups is 1. The molecule has 1 aromatic carbocycles. The number of halogens is 2. The number of rotatable bonds is 4. The zero-order valence-corrected chi connectivity index (χ0v) is 12.8. The summed E-state index contributed by atoms with van der Waals surface area (Å²) in [5.74, 6) is 0.745. The molecule has 1 heterocycles. The van der Waals surface area contributed by atoms with Gasteiger partial charge in [-0.15, -0.1) is 11.3 Å². The summed E-state index contributed by atoms with van der Waals surface area (Å²) in [6.45, 7) is 0. The molecule has 0 saturated heterocycles. The summed E-state index contributed by atoms with van der Waals surface area (Å²) in [5.41, 5.74) is 0.905. The second-order valence-corrected chi connectivity index (χ2v) is 6.14. The monoisotopic (exact) mass is 346 g/mol. The van der Waals surface area contributed by atoms with Gasteiger partial charge in [-0.05, 0) is 45.8 Å². The van der Waals surface area contributed by atoms with E-state index in [1.165, 1.54) is 11.3 Å². The van der Waals surface area contributed by atoms with Crippen LogP contribution in [0.1, 0.15) is 16.5 Å². The summed E-state index contributed by atoms with van der Waals surface area (Å²) in [6, 6.07) is 7.34. The fraction of sp³-hybridized carbons (Fsp3) is 0.231. The van der Waals surface area contributed by atoms with Gasteiger partial charge < -0.3 is 9.84 Å². The Kier molecular flexibility index (Phi) is 4.67. The number of hydrogen-bond donors (Lipinski definition) is 1. The molecule has 0 spiro atoms. The van der Waals surface area contributed by atoms with Crippen molar-refractivity contribution >= 4 is 38.9 Å². The average molecular weight is 348 g/mol. The van der Waals surface area contributed by atoms with Crippen LogP contribution in [-0.4, -0.2) is 12.2 Å². The predicted molar refractivity (Wildman–Crippen MR) is 78.7 cm³/mol. The molecule has 1 atom stereocenters. The summed E-state index contributed by atoms with van der Waals surface area (Å²) in [4.78, 5) is 0.920. The van der Waals surface area contributed by atoms with E-state index in [-0.39, 0.29) is 0 Å². The normalized spacial score (nSPS) is 12.4. The first-order valence-electron chi connectivity index (χ1n) is 5.34. The fourth-order valence-corrected chi connectivity index (χ4v) is 3.34. The summed E-state index contributed by atoms with van der Waals surface area (Å²) >= 11 is 10.9. The van der Waals surface area contributed by atoms with E-state index in [1.54, 1.807) is 13.2 Å². The van der Waals surface area contributed by atoms with E-state index in [1.807, 2.05) is 23.6 Å². The fourth-order valence-electron chi connectivity index (χ4n) is 1.72. The molecule has 96 valence electrons. The number of benzene rings is 1. The molecule has 2 rings (SSSR count). The number of hydrogen-bond acceptors (Lipinski definition) is 3. The van der Waals surface area contributed by atoms with Crippen LogP contribution in [-0.2, 0) is 6.42 Å². The Bertz CT molecular complexity index is 542. The van der Waals surface area contributed by atoms with Gasteiger partial charge in [-0.3, -0.25) is 0 Å². The second-order valence-electron chi connectivity index (χ2n) is 3.84. The van der Waals surface area contributed by atoms with Crippen molar-refractivity contribution in [3.05, 3.63) is 49.6 Å². The first-order chi connectivity index (χ1) is 8.60. The standard InChI is InChI=1S/C13H12BrClO2S/c1-17-12-3-2-10(15)4-8(12)5-11(16)13-6-9(14)7-18-13/h2-4,6-7,11,16H,5H2,1H3. The Morgan fingerprint density at radius 3 is 2.83 bits per heavy atom. The number of aliphatic hydroxyl groups excluding tert-OH is 1. The second kappa shape index (κ2) is 6.06. The third kappa shape index (κ3) is 3.26. The Hall–Kier alpha value is -0.550. The van der Waals surface area contributed by atoms with Crippen LogP contribution in [0.3, 0.4) is 0 Å². The highest BCUT2D eigenvalue weighted by Crippen LogP contribution is 2.31. The van der Waals surface area contributed by atoms with Crippen molar-refractivity contribution in [3.8, 4) is 5.75 Å². The average Bonchev–Trinajstić information content (AvgIpc) is 2.76. The molecule has 1 aromatic heterocycles. The van der Waals surface area contributed by atoms with Gasteiger partial charge in [-0.25, -0.2) is 0 Å². The van der Waals surface area contributed by atoms with Crippen molar-refractivity contribution < 1.29 is 9.84 Å². The molecule has 0 radical (unpaired) electrons. The summed E-state index contributed by atoms with van der Waals surface area (Å²) < 4.78 is 6.25. The van der Waals surface area contributed by atoms with Crippen LogP contribution >= 0.6 is 38.9 Å². The zero-order valence-electron chi connectivity index (χ0n) is 9.69. The third-order valence-corrected chi connectivity index (χ3v) is 4.60. The Morgan fingerprint density at radius 2 is 2.22 bits per heavy atom. The summed E-state index contributed by atoms with van der Waals surface area (Å²) in [7, 11) is 1.61. The van der Waals surface area contributed by atoms with Gasteiger partial charge in [0.05, 0.1) is 13.2 Å². The lowest BCUT2D eigenvalue weighted by Gasteiger charge is -2.12. The highest BCUT2D eigenvalue weighted by molar-refractivity contribution is 9.10. The smallest absolute Gasteiger partial charge is 0.122 e. The highest BCUT2D eigenvalue weighted by atomic mass is 79.9. The summed E-state index contributed by atoms with van der Waals surface area (Å²) in [5, 5.41) is 12.8. The lowest BCUT2D eigenvalue weighted by atomic mass is 10.1. The van der Waals surface area contributed by atoms with E-state index in [2.05, 4.69) is 15.9 Å². The SMILES string of the molecule is COc1ccc(Cl)cc1CC(O)c1cc(Br)cs1. The van der Waals surface area contributed by atoms with Gasteiger partial charge in [0.2, 0.25) is 0 Å². The topological polar surface area (TPSA) is 29.5 Å². The molecule has 0 saturated carbocycles. The van der Waals surface area contributed by atoms with E-state index in [4.69, 9.17) is 16.3 Å². The largest absolute Gasteiger partial charge is 0.496 e. The van der Waals surface area contributed by atoms with Crippen LogP contribution in [0.15, 0.2) is 34.1 Å². The van der Waals surface area contributed by atoms with Gasteiger partial charge in [0.15, 0.2) is 0 Å². The van der Waals surface area contributed by atoms with Gasteiger partial charge in [-0.2, -0.15) is 0 Å². The van der Waals surface area contributed by atoms with E-state index in [9.17, 15) is 5.11 Å². The Balaban J connectivity index is 2.20. The molecular weight excluding hydrogens is 336 g/mol. The lowest BCUT2D eigenvalue weighted by molar-refractivity contribution is 0.181. The molecule has 0 amide bonds. The van der Waals surface area contributed by atoms with Gasteiger partial charge in [0, 0.05) is 26.2 Å². The van der Waals surface area contributed by atoms with Gasteiger partial charge in [0.25, 0.3) is 0 Å². The molecule has 0 aliphatic heterocycles. The van der Waals surface area contributed by atoms with E-state index in [0.29, 0.717) is 11.4 Å². The molecule has 5 heteroatoms. The van der Waals surface area contributed by atoms with Crippen molar-refractivity contribution in [1.82, 2.24) is 0 Å². The maximum atomic E-state index is 10.2. The molecule has 2 nitrogen and oxygen atoms in total. The van der Waals surface area contributed by atoms with Crippen LogP contribution in [0.4, 0.5) is 0 Å². The predicted octanol–water partition coefficient (Wildman–Crippen LogP) is 4.45. The summed E-state index contributed by atoms with van der Waals surface area (Å²) in [6.07, 6.45) is -0.0647. The Labute approximate surface area is 123 Å². The molecule has 1 unspecified atom stereocenters. The van der Waals surface area contributed by atoms with Crippen LogP contribution in [0.5, 0.6) is 5.75 Å². The lowest BCUT2D eigenvalue weighted by Crippen LogP contribution is -2.01. The maximum absolute atomic E-state index is 10.2. The molecule has 0 fully saturated rings. The first-order valence-corrected chi connectivity index (χ1v) is 7.39. The minimum absolute atomic E-state index is 0.483. The van der Waals surface area contributed by atoms with Gasteiger partial charge in [0.1, 0.15) is 5.75 Å². The van der Waals surface area contributed by atoms with Gasteiger partial charge >= 0.3 is 0 Å². The Morgan fingerprint density at radius 1 is 1.44 bits per heavy atom. The van der Waals surface area contributed by atoms with Crippen molar-refractivity contribution in [2.45, 2.75) is 12.5 Å². The molecule has 2 aromatic rings. The van der Waals surface area contributed by atoms with Crippen molar-refractivity contribution in [2.24, 2.45) is 0 Å². The third-order valence-electron chi connectivity index (χ3n) is 2.57. The number of methoxy groups -OCH3 is 1. The van der Waals surface area contributed by atoms with E-state index >= 15 is 0 Å². The first kappa shape index (κ1) is 13.9. The zero-order chi connectivity index (χ0) is 13.1. The van der Waals surface area contributed by atoms with Crippen LogP contribution in [0.25, 0.3) is 0 Å². The van der Waals surface area contributed by atoms with Crippen LogP contribution < -0.4 is 4.74 Å². The number of ether oxygens (including phenoxy) is 1. The van der Waals surface area contributed by atoms with Crippen molar-refractivity contribution in [2.75, 3.05) is 7.11 Å². The molecule has 0 aliphatic rings. The van der Waals surface area contributed by atoms with Crippen LogP contribution in [0, 0.1) is 0 Å². The van der Waals surface area contributed by atoms with E-state index < -0.39 is 6.10 Å². The molecule has 0 aliphatic carbocycles. The molecular formula is C13H12BrClO2S. The van der Waals surface area contributed by atoms with E-state index in [0.717, 1.165) is 20.7 Å². The molecule has 0 bridgehead atoms. The van der Waals surface area contributed by atoms with Crippen molar-refractivity contribution in [3.63, 3.8) is 0 Å². The molecule has 1 N–H and O–H groups in total. The maximum Gasteiger partial charge on any atom is 0.122 e. The minimum atomic E-state index is -0.548. The van der Waals surface area contributed by atoms with Gasteiger partial charge in [-0.1, -0.05) is 11.6 Å². The van der Waals surface area contributed by atoms with Crippen molar-refractivity contribution in [1.29, 1.82) is 0 Å². The molecule has 18 heavy (non-hydrogen) atoms. The minimum Gasteiger partial charge on any atom is -0.496 e.